The third kappa shape index (κ3) is 3.92. The smallest absolute Gasteiger partial charge is 0.266 e. The molecule has 0 radical (unpaired) electrons. The number of aromatic nitrogens is 3. The first-order valence-corrected chi connectivity index (χ1v) is 9.96. The zero-order valence-electron chi connectivity index (χ0n) is 18.3. The molecule has 0 spiro atoms. The molecule has 0 saturated heterocycles. The molecule has 0 unspecified atom stereocenters. The van der Waals surface area contributed by atoms with E-state index < -0.39 is 5.91 Å². The van der Waals surface area contributed by atoms with Crippen molar-refractivity contribution in [3.05, 3.63) is 70.2 Å². The molecule has 6 heteroatoms. The average molecular weight is 402 g/mol. The Kier molecular flexibility index (Phi) is 5.93. The second-order valence-corrected chi connectivity index (χ2v) is 7.76. The maximum atomic E-state index is 12.8. The van der Waals surface area contributed by atoms with Crippen LogP contribution in [-0.4, -0.2) is 20.3 Å². The minimum absolute atomic E-state index is 0.0634. The van der Waals surface area contributed by atoms with Gasteiger partial charge in [-0.2, -0.15) is 10.4 Å². The zero-order chi connectivity index (χ0) is 22.0. The van der Waals surface area contributed by atoms with E-state index in [4.69, 9.17) is 0 Å². The summed E-state index contributed by atoms with van der Waals surface area (Å²) in [6.07, 6.45) is 3.43. The molecule has 6 nitrogen and oxygen atoms in total. The number of nitriles is 1. The number of carbonyl (C=O) groups is 1. The fourth-order valence-corrected chi connectivity index (χ4v) is 3.55. The molecule has 0 aliphatic heterocycles. The van der Waals surface area contributed by atoms with Gasteiger partial charge in [0.1, 0.15) is 17.5 Å². The van der Waals surface area contributed by atoms with Crippen LogP contribution in [0.3, 0.4) is 0 Å². The summed E-state index contributed by atoms with van der Waals surface area (Å²) < 4.78 is 4.04. The predicted molar refractivity (Wildman–Crippen MR) is 120 cm³/mol. The highest BCUT2D eigenvalue weighted by Crippen LogP contribution is 2.25. The second kappa shape index (κ2) is 8.42. The van der Waals surface area contributed by atoms with Crippen LogP contribution in [0.25, 0.3) is 11.9 Å². The molecule has 2 heterocycles. The molecule has 2 aromatic heterocycles. The Labute approximate surface area is 177 Å². The molecule has 0 fully saturated rings. The number of amides is 1. The molecule has 0 aliphatic rings. The summed E-state index contributed by atoms with van der Waals surface area (Å²) >= 11 is 0. The fraction of sp³-hybridized carbons (Fsp3) is 0.292. The Morgan fingerprint density at radius 2 is 1.93 bits per heavy atom. The molecule has 1 aromatic carbocycles. The van der Waals surface area contributed by atoms with Crippen molar-refractivity contribution < 1.29 is 4.79 Å². The van der Waals surface area contributed by atoms with Gasteiger partial charge in [-0.15, -0.1) is 0 Å². The van der Waals surface area contributed by atoms with Crippen LogP contribution < -0.4 is 5.32 Å². The minimum atomic E-state index is -0.414. The van der Waals surface area contributed by atoms with Crippen molar-refractivity contribution >= 4 is 17.7 Å². The number of rotatable bonds is 5. The second-order valence-electron chi connectivity index (χ2n) is 7.76. The van der Waals surface area contributed by atoms with Crippen LogP contribution >= 0.6 is 0 Å². The molecule has 0 saturated carbocycles. The highest BCUT2D eigenvalue weighted by molar-refractivity contribution is 6.10. The largest absolute Gasteiger partial charge is 0.321 e. The first-order chi connectivity index (χ1) is 14.2. The monoisotopic (exact) mass is 401 g/mol. The summed E-state index contributed by atoms with van der Waals surface area (Å²) in [6.45, 7) is 12.1. The molecular weight excluding hydrogens is 374 g/mol. The molecule has 0 aliphatic carbocycles. The summed E-state index contributed by atoms with van der Waals surface area (Å²) in [5.74, 6) is 0.543. The van der Waals surface area contributed by atoms with Gasteiger partial charge in [-0.1, -0.05) is 12.1 Å². The molecule has 3 aromatic rings. The summed E-state index contributed by atoms with van der Waals surface area (Å²) in [7, 11) is 0. The topological polar surface area (TPSA) is 75.6 Å². The highest BCUT2D eigenvalue weighted by atomic mass is 16.1. The molecule has 1 amide bonds. The van der Waals surface area contributed by atoms with E-state index >= 15 is 0 Å². The average Bonchev–Trinajstić information content (AvgIpc) is 3.27. The van der Waals surface area contributed by atoms with Crippen molar-refractivity contribution in [1.82, 2.24) is 14.3 Å². The van der Waals surface area contributed by atoms with Gasteiger partial charge in [-0.25, -0.2) is 4.68 Å². The molecular formula is C24H27N5O. The van der Waals surface area contributed by atoms with E-state index in [1.807, 2.05) is 68.8 Å². The van der Waals surface area contributed by atoms with E-state index in [0.717, 1.165) is 33.9 Å². The van der Waals surface area contributed by atoms with Gasteiger partial charge in [0.05, 0.1) is 6.20 Å². The van der Waals surface area contributed by atoms with Gasteiger partial charge in [0, 0.05) is 29.2 Å². The summed E-state index contributed by atoms with van der Waals surface area (Å²) in [6, 6.07) is 11.9. The van der Waals surface area contributed by atoms with Crippen LogP contribution in [0, 0.1) is 39.0 Å². The van der Waals surface area contributed by atoms with Gasteiger partial charge >= 0.3 is 0 Å². The normalized spacial score (nSPS) is 11.6. The van der Waals surface area contributed by atoms with Crippen molar-refractivity contribution in [2.75, 3.05) is 5.32 Å². The van der Waals surface area contributed by atoms with E-state index in [-0.39, 0.29) is 11.6 Å². The Morgan fingerprint density at radius 1 is 1.20 bits per heavy atom. The number of anilines is 1. The minimum Gasteiger partial charge on any atom is -0.321 e. The van der Waals surface area contributed by atoms with Crippen LogP contribution in [-0.2, 0) is 4.79 Å². The number of benzene rings is 1. The van der Waals surface area contributed by atoms with Crippen LogP contribution in [0.5, 0.6) is 0 Å². The standard InChI is InChI=1S/C24H27N5O/c1-15(2)29-23(10-11-26-29)28-17(4)12-20(19(28)6)13-21(14-25)24(30)27-22-9-7-8-16(3)18(22)5/h7-13,15H,1-6H3,(H,27,30)/b21-13+. The number of nitrogens with one attached hydrogen (secondary N) is 1. The van der Waals surface area contributed by atoms with Crippen molar-refractivity contribution in [1.29, 1.82) is 5.26 Å². The number of carbonyl (C=O) groups excluding carboxylic acids is 1. The lowest BCUT2D eigenvalue weighted by Crippen LogP contribution is -2.14. The summed E-state index contributed by atoms with van der Waals surface area (Å²) in [4.78, 5) is 12.8. The summed E-state index contributed by atoms with van der Waals surface area (Å²) in [5, 5.41) is 16.9. The van der Waals surface area contributed by atoms with Crippen LogP contribution in [0.4, 0.5) is 5.69 Å². The predicted octanol–water partition coefficient (Wildman–Crippen LogP) is 5.03. The van der Waals surface area contributed by atoms with E-state index in [1.54, 1.807) is 12.3 Å². The SMILES string of the molecule is Cc1cccc(NC(=O)/C(C#N)=C/c2cc(C)n(-c3ccnn3C(C)C)c2C)c1C. The Morgan fingerprint density at radius 3 is 2.60 bits per heavy atom. The summed E-state index contributed by atoms with van der Waals surface area (Å²) in [5.41, 5.74) is 5.64. The number of hydrogen-bond donors (Lipinski definition) is 1. The molecule has 154 valence electrons. The van der Waals surface area contributed by atoms with E-state index in [1.165, 1.54) is 0 Å². The number of nitrogens with zero attached hydrogens (tertiary/aromatic N) is 4. The van der Waals surface area contributed by atoms with E-state index in [0.29, 0.717) is 5.69 Å². The van der Waals surface area contributed by atoms with Crippen molar-refractivity contribution in [3.8, 4) is 11.9 Å². The highest BCUT2D eigenvalue weighted by Gasteiger charge is 2.17. The van der Waals surface area contributed by atoms with Gasteiger partial charge in [-0.05, 0) is 76.4 Å². The number of hydrogen-bond acceptors (Lipinski definition) is 3. The quantitative estimate of drug-likeness (QED) is 0.481. The molecule has 3 rings (SSSR count). The maximum Gasteiger partial charge on any atom is 0.266 e. The third-order valence-electron chi connectivity index (χ3n) is 5.36. The van der Waals surface area contributed by atoms with Crippen molar-refractivity contribution in [3.63, 3.8) is 0 Å². The lowest BCUT2D eigenvalue weighted by molar-refractivity contribution is -0.112. The lowest BCUT2D eigenvalue weighted by Gasteiger charge is -2.15. The molecule has 1 N–H and O–H groups in total. The fourth-order valence-electron chi connectivity index (χ4n) is 3.55. The Bertz CT molecular complexity index is 1170. The lowest BCUT2D eigenvalue weighted by atomic mass is 10.1. The van der Waals surface area contributed by atoms with Crippen LogP contribution in [0.1, 0.15) is 48.0 Å². The number of aryl methyl sites for hydroxylation is 2. The Balaban J connectivity index is 1.97. The van der Waals surface area contributed by atoms with E-state index in [2.05, 4.69) is 28.8 Å². The van der Waals surface area contributed by atoms with Gasteiger partial charge in [-0.3, -0.25) is 4.79 Å². The van der Waals surface area contributed by atoms with Gasteiger partial charge < -0.3 is 9.88 Å². The first-order valence-electron chi connectivity index (χ1n) is 9.96. The van der Waals surface area contributed by atoms with Crippen molar-refractivity contribution in [2.24, 2.45) is 0 Å². The van der Waals surface area contributed by atoms with Crippen molar-refractivity contribution in [2.45, 2.75) is 47.6 Å². The maximum absolute atomic E-state index is 12.8. The van der Waals surface area contributed by atoms with Crippen LogP contribution in [0.2, 0.25) is 0 Å². The molecule has 0 bridgehead atoms. The molecule has 0 atom stereocenters. The van der Waals surface area contributed by atoms with Gasteiger partial charge in [0.15, 0.2) is 0 Å². The van der Waals surface area contributed by atoms with Gasteiger partial charge in [0.2, 0.25) is 0 Å². The third-order valence-corrected chi connectivity index (χ3v) is 5.36. The van der Waals surface area contributed by atoms with Gasteiger partial charge in [0.25, 0.3) is 5.91 Å². The zero-order valence-corrected chi connectivity index (χ0v) is 18.3. The molecule has 30 heavy (non-hydrogen) atoms. The van der Waals surface area contributed by atoms with E-state index in [9.17, 15) is 10.1 Å². The first kappa shape index (κ1) is 21.1. The Hall–Kier alpha value is -3.59. The van der Waals surface area contributed by atoms with Crippen LogP contribution in [0.15, 0.2) is 42.1 Å².